The number of unbranched alkanes of at least 4 members (excludes halogenated alkanes) is 1. The lowest BCUT2D eigenvalue weighted by atomic mass is 10.3. The average Bonchev–Trinajstić information content (AvgIpc) is 2.78. The normalized spacial score (nSPS) is 10.1. The summed E-state index contributed by atoms with van der Waals surface area (Å²) in [7, 11) is 1.00. The molecule has 0 rings (SSSR count). The molecule has 0 radical (unpaired) electrons. The van der Waals surface area contributed by atoms with E-state index in [1.807, 2.05) is 0 Å². The highest BCUT2D eigenvalue weighted by atomic mass is 16.5. The van der Waals surface area contributed by atoms with E-state index in [-0.39, 0.29) is 30.9 Å². The Bertz CT molecular complexity index is 439. The minimum Gasteiger partial charge on any atom is -0.400 e. The van der Waals surface area contributed by atoms with Gasteiger partial charge in [0.05, 0.1) is 39.6 Å². The van der Waals surface area contributed by atoms with Crippen molar-refractivity contribution in [3.05, 3.63) is 0 Å². The van der Waals surface area contributed by atoms with Gasteiger partial charge in [0.2, 0.25) is 17.7 Å². The van der Waals surface area contributed by atoms with Crippen LogP contribution in [0.4, 0.5) is 0 Å². The van der Waals surface area contributed by atoms with Gasteiger partial charge in [-0.25, -0.2) is 0 Å². The summed E-state index contributed by atoms with van der Waals surface area (Å²) in [5.74, 6) is -0.369. The Balaban J connectivity index is 0. The van der Waals surface area contributed by atoms with Crippen molar-refractivity contribution in [2.45, 2.75) is 33.1 Å². The fraction of sp³-hybridized carbons (Fsp3) is 0.850. The second-order valence-corrected chi connectivity index (χ2v) is 6.09. The summed E-state index contributed by atoms with van der Waals surface area (Å²) in [6.45, 7) is 7.41. The topological polar surface area (TPSA) is 144 Å². The summed E-state index contributed by atoms with van der Waals surface area (Å²) in [5, 5.41) is 15.1. The fourth-order valence-corrected chi connectivity index (χ4v) is 1.93. The van der Waals surface area contributed by atoms with Gasteiger partial charge in [-0.2, -0.15) is 0 Å². The largest absolute Gasteiger partial charge is 0.400 e. The summed E-state index contributed by atoms with van der Waals surface area (Å²) in [4.78, 5) is 33.9. The number of nitrogens with one attached hydrogen (secondary N) is 3. The zero-order chi connectivity index (χ0) is 23.6. The smallest absolute Gasteiger partial charge is 0.246 e. The minimum atomic E-state index is -0.233. The molecule has 0 saturated carbocycles. The van der Waals surface area contributed by atoms with Crippen LogP contribution in [-0.2, 0) is 33.3 Å². The molecule has 0 spiro atoms. The molecule has 0 aliphatic heterocycles. The molecular weight excluding hydrogens is 410 g/mol. The first-order valence-corrected chi connectivity index (χ1v) is 10.7. The third-order valence-electron chi connectivity index (χ3n) is 3.52. The van der Waals surface area contributed by atoms with Crippen LogP contribution in [0.15, 0.2) is 0 Å². The maximum atomic E-state index is 11.6. The summed E-state index contributed by atoms with van der Waals surface area (Å²) in [6.07, 6.45) is 2.45. The molecule has 0 unspecified atom stereocenters. The van der Waals surface area contributed by atoms with Gasteiger partial charge in [-0.1, -0.05) is 20.3 Å². The molecular formula is C20H41N3O8. The molecule has 3 amide bonds. The molecule has 0 aliphatic carbocycles. The van der Waals surface area contributed by atoms with Gasteiger partial charge in [0.15, 0.2) is 0 Å². The molecule has 0 aromatic rings. The third-order valence-corrected chi connectivity index (χ3v) is 3.52. The molecule has 0 fully saturated rings. The van der Waals surface area contributed by atoms with Crippen molar-refractivity contribution in [3.8, 4) is 0 Å². The first kappa shape index (κ1) is 31.4. The van der Waals surface area contributed by atoms with Gasteiger partial charge in [0.1, 0.15) is 13.2 Å². The molecule has 184 valence electrons. The molecule has 4 N–H and O–H groups in total. The first-order valence-electron chi connectivity index (χ1n) is 10.7. The van der Waals surface area contributed by atoms with Crippen LogP contribution in [0.5, 0.6) is 0 Å². The summed E-state index contributed by atoms with van der Waals surface area (Å²) in [5.41, 5.74) is 0. The Labute approximate surface area is 185 Å². The Hall–Kier alpha value is -1.79. The van der Waals surface area contributed by atoms with Crippen molar-refractivity contribution in [1.29, 1.82) is 0 Å². The van der Waals surface area contributed by atoms with Gasteiger partial charge in [0, 0.05) is 33.2 Å². The van der Waals surface area contributed by atoms with E-state index in [0.717, 1.165) is 20.0 Å². The number of carbonyl (C=O) groups excluding carboxylic acids is 3. The van der Waals surface area contributed by atoms with E-state index in [1.54, 1.807) is 6.92 Å². The molecule has 0 aliphatic rings. The lowest BCUT2D eigenvalue weighted by Crippen LogP contribution is -2.31. The fourth-order valence-electron chi connectivity index (χ4n) is 1.93. The van der Waals surface area contributed by atoms with Gasteiger partial charge in [-0.15, -0.1) is 0 Å². The predicted molar refractivity (Wildman–Crippen MR) is 116 cm³/mol. The third kappa shape index (κ3) is 26.2. The van der Waals surface area contributed by atoms with Crippen LogP contribution < -0.4 is 16.0 Å². The molecule has 11 nitrogen and oxygen atoms in total. The predicted octanol–water partition coefficient (Wildman–Crippen LogP) is -0.780. The summed E-state index contributed by atoms with van der Waals surface area (Å²) >= 11 is 0. The highest BCUT2D eigenvalue weighted by molar-refractivity contribution is 5.77. The number of carbonyl (C=O) groups is 3. The van der Waals surface area contributed by atoms with E-state index in [0.29, 0.717) is 65.7 Å². The standard InChI is InChI=1S/C19H37N3O7.CH4O/c1-3-5-6-20-18(24)15-28-13-12-27-10-8-22-19(25)16-29-14-11-26-9-7-21-17(23)4-2;1-2/h3-16H2,1-2H3,(H,20,24)(H,21,23)(H,22,25);2H,1H3. The molecule has 0 bridgehead atoms. The van der Waals surface area contributed by atoms with Crippen molar-refractivity contribution in [2.24, 2.45) is 0 Å². The van der Waals surface area contributed by atoms with Gasteiger partial charge < -0.3 is 40.0 Å². The van der Waals surface area contributed by atoms with Crippen LogP contribution in [0.1, 0.15) is 33.1 Å². The van der Waals surface area contributed by atoms with E-state index in [4.69, 9.17) is 24.1 Å². The molecule has 11 heteroatoms. The van der Waals surface area contributed by atoms with Gasteiger partial charge in [0.25, 0.3) is 0 Å². The number of ether oxygens (including phenoxy) is 4. The van der Waals surface area contributed by atoms with Crippen LogP contribution in [0.3, 0.4) is 0 Å². The van der Waals surface area contributed by atoms with Crippen molar-refractivity contribution in [2.75, 3.05) is 79.6 Å². The zero-order valence-corrected chi connectivity index (χ0v) is 19.2. The second kappa shape index (κ2) is 26.2. The molecule has 0 aromatic carbocycles. The number of hydrogen-bond donors (Lipinski definition) is 4. The van der Waals surface area contributed by atoms with Gasteiger partial charge in [-0.05, 0) is 6.42 Å². The molecule has 0 heterocycles. The molecule has 0 aromatic heterocycles. The second-order valence-electron chi connectivity index (χ2n) is 6.09. The lowest BCUT2D eigenvalue weighted by molar-refractivity contribution is -0.127. The Morgan fingerprint density at radius 3 is 1.48 bits per heavy atom. The van der Waals surface area contributed by atoms with Crippen molar-refractivity contribution < 1.29 is 38.4 Å². The maximum Gasteiger partial charge on any atom is 0.246 e. The van der Waals surface area contributed by atoms with Crippen molar-refractivity contribution >= 4 is 17.7 Å². The number of aliphatic hydroxyl groups excluding tert-OH is 1. The first-order chi connectivity index (χ1) is 15.1. The molecule has 31 heavy (non-hydrogen) atoms. The van der Waals surface area contributed by atoms with Crippen LogP contribution in [-0.4, -0.2) is 102 Å². The Kier molecular flexibility index (Phi) is 26.6. The van der Waals surface area contributed by atoms with E-state index in [2.05, 4.69) is 22.9 Å². The minimum absolute atomic E-state index is 0.0109. The lowest BCUT2D eigenvalue weighted by Gasteiger charge is -2.08. The van der Waals surface area contributed by atoms with Crippen LogP contribution in [0.25, 0.3) is 0 Å². The highest BCUT2D eigenvalue weighted by Gasteiger charge is 2.02. The average molecular weight is 452 g/mol. The SMILES string of the molecule is CCCCNC(=O)COCCOCCNC(=O)COCCOCCNC(=O)CC.CO. The van der Waals surface area contributed by atoms with E-state index in [9.17, 15) is 14.4 Å². The van der Waals surface area contributed by atoms with Gasteiger partial charge >= 0.3 is 0 Å². The Morgan fingerprint density at radius 2 is 1.03 bits per heavy atom. The molecule has 0 atom stereocenters. The van der Waals surface area contributed by atoms with Crippen molar-refractivity contribution in [1.82, 2.24) is 16.0 Å². The van der Waals surface area contributed by atoms with Crippen LogP contribution >= 0.6 is 0 Å². The zero-order valence-electron chi connectivity index (χ0n) is 19.2. The van der Waals surface area contributed by atoms with Crippen LogP contribution in [0, 0.1) is 0 Å². The highest BCUT2D eigenvalue weighted by Crippen LogP contribution is 1.84. The van der Waals surface area contributed by atoms with Gasteiger partial charge in [-0.3, -0.25) is 14.4 Å². The molecule has 0 saturated heterocycles. The number of hydrogen-bond acceptors (Lipinski definition) is 8. The Morgan fingerprint density at radius 1 is 0.613 bits per heavy atom. The number of amides is 3. The van der Waals surface area contributed by atoms with E-state index < -0.39 is 0 Å². The van der Waals surface area contributed by atoms with E-state index in [1.165, 1.54) is 0 Å². The quantitative estimate of drug-likeness (QED) is 0.177. The monoisotopic (exact) mass is 451 g/mol. The van der Waals surface area contributed by atoms with E-state index >= 15 is 0 Å². The number of rotatable bonds is 20. The summed E-state index contributed by atoms with van der Waals surface area (Å²) in [6, 6.07) is 0. The number of aliphatic hydroxyl groups is 1. The maximum absolute atomic E-state index is 11.6. The van der Waals surface area contributed by atoms with Crippen LogP contribution in [0.2, 0.25) is 0 Å². The van der Waals surface area contributed by atoms with Crippen molar-refractivity contribution in [3.63, 3.8) is 0 Å². The summed E-state index contributed by atoms with van der Waals surface area (Å²) < 4.78 is 21.0.